The van der Waals surface area contributed by atoms with Gasteiger partial charge in [-0.05, 0) is 30.0 Å². The van der Waals surface area contributed by atoms with Crippen molar-refractivity contribution in [1.29, 1.82) is 0 Å². The zero-order valence-corrected chi connectivity index (χ0v) is 17.7. The Kier molecular flexibility index (Phi) is 5.49. The van der Waals surface area contributed by atoms with Crippen molar-refractivity contribution in [1.82, 2.24) is 4.57 Å². The average Bonchev–Trinajstić information content (AvgIpc) is 3.03. The lowest BCUT2D eigenvalue weighted by Gasteiger charge is -2.18. The summed E-state index contributed by atoms with van der Waals surface area (Å²) in [6.45, 7) is 7.49. The summed E-state index contributed by atoms with van der Waals surface area (Å²) < 4.78 is 8.56. The molecule has 4 rings (SSSR count). The first-order chi connectivity index (χ1) is 14.5. The summed E-state index contributed by atoms with van der Waals surface area (Å²) in [7, 11) is 0. The highest BCUT2D eigenvalue weighted by Gasteiger charge is 2.22. The van der Waals surface area contributed by atoms with E-state index >= 15 is 0 Å². The Labute approximate surface area is 176 Å². The van der Waals surface area contributed by atoms with E-state index in [9.17, 15) is 9.90 Å². The van der Waals surface area contributed by atoms with E-state index in [1.54, 1.807) is 0 Å². The van der Waals surface area contributed by atoms with Crippen LogP contribution in [-0.4, -0.2) is 22.2 Å². The van der Waals surface area contributed by atoms with E-state index in [2.05, 4.69) is 49.6 Å². The number of rotatable bonds is 7. The molecular formula is C26H27NO3. The molecule has 0 aliphatic carbocycles. The third kappa shape index (κ3) is 3.78. The summed E-state index contributed by atoms with van der Waals surface area (Å²) in [4.78, 5) is 11.6. The minimum absolute atomic E-state index is 0.0585. The van der Waals surface area contributed by atoms with Gasteiger partial charge < -0.3 is 14.4 Å². The number of nitrogens with zero attached hydrogens (tertiary/aromatic N) is 1. The molecule has 0 atom stereocenters. The number of hydrogen-bond donors (Lipinski definition) is 1. The van der Waals surface area contributed by atoms with Crippen molar-refractivity contribution < 1.29 is 14.6 Å². The Morgan fingerprint density at radius 2 is 1.77 bits per heavy atom. The first kappa shape index (κ1) is 20.0. The molecule has 4 aromatic rings. The Morgan fingerprint density at radius 3 is 2.47 bits per heavy atom. The zero-order chi connectivity index (χ0) is 21.3. The van der Waals surface area contributed by atoms with Crippen molar-refractivity contribution in [3.63, 3.8) is 0 Å². The number of hydrogen-bond acceptors (Lipinski definition) is 2. The van der Waals surface area contributed by atoms with Crippen LogP contribution >= 0.6 is 0 Å². The minimum Gasteiger partial charge on any atom is -0.491 e. The van der Waals surface area contributed by atoms with Gasteiger partial charge in [0.2, 0.25) is 0 Å². The molecule has 1 heterocycles. The summed E-state index contributed by atoms with van der Waals surface area (Å²) in [5, 5.41) is 11.8. The van der Waals surface area contributed by atoms with Crippen molar-refractivity contribution in [2.75, 3.05) is 6.61 Å². The molecule has 4 heteroatoms. The van der Waals surface area contributed by atoms with E-state index < -0.39 is 5.97 Å². The molecule has 0 aliphatic rings. The van der Waals surface area contributed by atoms with E-state index in [4.69, 9.17) is 4.74 Å². The fourth-order valence-corrected chi connectivity index (χ4v) is 4.13. The minimum atomic E-state index is -0.853. The van der Waals surface area contributed by atoms with Crippen molar-refractivity contribution in [3.8, 4) is 5.75 Å². The van der Waals surface area contributed by atoms with Crippen LogP contribution in [-0.2, 0) is 17.8 Å². The Bertz CT molecular complexity index is 1210. The predicted octanol–water partition coefficient (Wildman–Crippen LogP) is 5.81. The fraction of sp³-hybridized carbons (Fsp3) is 0.269. The lowest BCUT2D eigenvalue weighted by atomic mass is 10.0. The van der Waals surface area contributed by atoms with Crippen molar-refractivity contribution in [3.05, 3.63) is 77.4 Å². The highest BCUT2D eigenvalue weighted by atomic mass is 16.5. The maximum atomic E-state index is 11.6. The Hall–Kier alpha value is -3.27. The van der Waals surface area contributed by atoms with Crippen LogP contribution in [0.1, 0.15) is 30.5 Å². The summed E-state index contributed by atoms with van der Waals surface area (Å²) in [6.07, 6.45) is -0.0585. The Morgan fingerprint density at radius 1 is 1.07 bits per heavy atom. The van der Waals surface area contributed by atoms with Crippen LogP contribution in [0.2, 0.25) is 0 Å². The standard InChI is InChI=1S/C26H27NO3/c1-17(2)16-30-26-20(14-23(28)29)13-18(3)24-21-11-7-8-12-22(21)27(25(24)26)15-19-9-5-4-6-10-19/h4-13,17H,14-16H2,1-3H3,(H,28,29). The number of benzene rings is 3. The van der Waals surface area contributed by atoms with Gasteiger partial charge in [0.25, 0.3) is 0 Å². The monoisotopic (exact) mass is 401 g/mol. The van der Waals surface area contributed by atoms with E-state index in [1.165, 1.54) is 5.56 Å². The summed E-state index contributed by atoms with van der Waals surface area (Å²) >= 11 is 0. The molecule has 0 unspecified atom stereocenters. The highest BCUT2D eigenvalue weighted by molar-refractivity contribution is 6.12. The number of fused-ring (bicyclic) bond motifs is 3. The molecule has 0 amide bonds. The number of ether oxygens (including phenoxy) is 1. The average molecular weight is 402 g/mol. The topological polar surface area (TPSA) is 51.5 Å². The maximum Gasteiger partial charge on any atom is 0.307 e. The zero-order valence-electron chi connectivity index (χ0n) is 17.7. The molecule has 0 radical (unpaired) electrons. The third-order valence-electron chi connectivity index (χ3n) is 5.35. The molecule has 4 nitrogen and oxygen atoms in total. The van der Waals surface area contributed by atoms with Crippen molar-refractivity contribution in [2.45, 2.75) is 33.7 Å². The van der Waals surface area contributed by atoms with Crippen LogP contribution in [0.4, 0.5) is 0 Å². The second-order valence-corrected chi connectivity index (χ2v) is 8.27. The second-order valence-electron chi connectivity index (χ2n) is 8.27. The summed E-state index contributed by atoms with van der Waals surface area (Å²) in [6, 6.07) is 20.7. The van der Waals surface area contributed by atoms with Gasteiger partial charge in [-0.1, -0.05) is 68.4 Å². The van der Waals surface area contributed by atoms with Crippen molar-refractivity contribution >= 4 is 27.8 Å². The number of carbonyl (C=O) groups is 1. The van der Waals surface area contributed by atoms with Gasteiger partial charge in [0, 0.05) is 28.4 Å². The van der Waals surface area contributed by atoms with E-state index in [1.807, 2.05) is 36.4 Å². The van der Waals surface area contributed by atoms with Crippen molar-refractivity contribution in [2.24, 2.45) is 5.92 Å². The molecular weight excluding hydrogens is 374 g/mol. The smallest absolute Gasteiger partial charge is 0.307 e. The van der Waals surface area contributed by atoms with Gasteiger partial charge in [0.15, 0.2) is 0 Å². The second kappa shape index (κ2) is 8.23. The van der Waals surface area contributed by atoms with Crippen LogP contribution in [0.15, 0.2) is 60.7 Å². The fourth-order valence-electron chi connectivity index (χ4n) is 4.13. The largest absolute Gasteiger partial charge is 0.491 e. The van der Waals surface area contributed by atoms with Crippen LogP contribution in [0.25, 0.3) is 21.8 Å². The van der Waals surface area contributed by atoms with Crippen LogP contribution in [0.5, 0.6) is 5.75 Å². The molecule has 154 valence electrons. The van der Waals surface area contributed by atoms with Gasteiger partial charge >= 0.3 is 5.97 Å². The normalized spacial score (nSPS) is 11.5. The van der Waals surface area contributed by atoms with E-state index in [-0.39, 0.29) is 6.42 Å². The molecule has 0 bridgehead atoms. The molecule has 0 aliphatic heterocycles. The van der Waals surface area contributed by atoms with Gasteiger partial charge in [-0.2, -0.15) is 0 Å². The molecule has 0 saturated carbocycles. The molecule has 0 spiro atoms. The Balaban J connectivity index is 2.05. The van der Waals surface area contributed by atoms with Gasteiger partial charge in [-0.15, -0.1) is 0 Å². The van der Waals surface area contributed by atoms with Gasteiger partial charge in [-0.3, -0.25) is 4.79 Å². The quantitative estimate of drug-likeness (QED) is 0.425. The molecule has 30 heavy (non-hydrogen) atoms. The van der Waals surface area contributed by atoms with Gasteiger partial charge in [0.05, 0.1) is 18.5 Å². The number of carboxylic acids is 1. The maximum absolute atomic E-state index is 11.6. The predicted molar refractivity (Wildman–Crippen MR) is 121 cm³/mol. The molecule has 3 aromatic carbocycles. The number of aromatic nitrogens is 1. The summed E-state index contributed by atoms with van der Waals surface area (Å²) in [5.41, 5.74) is 5.10. The molecule has 0 fully saturated rings. The number of carboxylic acid groups (broad SMARTS) is 1. The van der Waals surface area contributed by atoms with E-state index in [0.717, 1.165) is 32.9 Å². The SMILES string of the molecule is Cc1cc(CC(=O)O)c(OCC(C)C)c2c1c1ccccc1n2Cc1ccccc1. The molecule has 1 aromatic heterocycles. The lowest BCUT2D eigenvalue weighted by Crippen LogP contribution is -2.11. The number of para-hydroxylation sites is 1. The highest BCUT2D eigenvalue weighted by Crippen LogP contribution is 2.40. The van der Waals surface area contributed by atoms with E-state index in [0.29, 0.717) is 24.8 Å². The third-order valence-corrected chi connectivity index (χ3v) is 5.35. The number of aliphatic carboxylic acids is 1. The first-order valence-corrected chi connectivity index (χ1v) is 10.4. The first-order valence-electron chi connectivity index (χ1n) is 10.4. The lowest BCUT2D eigenvalue weighted by molar-refractivity contribution is -0.136. The molecule has 1 N–H and O–H groups in total. The van der Waals surface area contributed by atoms with Gasteiger partial charge in [0.1, 0.15) is 5.75 Å². The van der Waals surface area contributed by atoms with Gasteiger partial charge in [-0.25, -0.2) is 0 Å². The van der Waals surface area contributed by atoms with Crippen LogP contribution < -0.4 is 4.74 Å². The summed E-state index contributed by atoms with van der Waals surface area (Å²) in [5.74, 6) is 0.179. The number of aryl methyl sites for hydroxylation is 1. The van der Waals surface area contributed by atoms with Crippen LogP contribution in [0, 0.1) is 12.8 Å². The molecule has 0 saturated heterocycles. The van der Waals surface area contributed by atoms with Crippen LogP contribution in [0.3, 0.4) is 0 Å².